The molecule has 0 aliphatic carbocycles. The predicted octanol–water partition coefficient (Wildman–Crippen LogP) is 3.08. The number of hydrogen-bond donors (Lipinski definition) is 0. The minimum Gasteiger partial charge on any atom is -0.211 e. The molecular weight excluding hydrogens is 122 g/mol. The lowest BCUT2D eigenvalue weighted by atomic mass is 10.1. The first kappa shape index (κ1) is 8.86. The van der Waals surface area contributed by atoms with Crippen molar-refractivity contribution in [3.05, 3.63) is 0 Å². The topological polar surface area (TPSA) is 0 Å². The minimum atomic E-state index is -2.11. The highest BCUT2D eigenvalue weighted by atomic mass is 19.3. The smallest absolute Gasteiger partial charge is 0.211 e. The molecule has 9 heavy (non-hydrogen) atoms. The second kappa shape index (κ2) is 4.71. The Morgan fingerprint density at radius 3 is 2.00 bits per heavy atom. The SMILES string of the molecule is CC(C)CCCC(F)F. The first-order valence-corrected chi connectivity index (χ1v) is 3.41. The molecule has 0 rings (SSSR count). The molecule has 0 saturated carbocycles. The molecule has 0 aliphatic heterocycles. The van der Waals surface area contributed by atoms with Gasteiger partial charge in [0.05, 0.1) is 0 Å². The molecule has 0 aromatic rings. The van der Waals surface area contributed by atoms with Gasteiger partial charge in [-0.05, 0) is 12.3 Å². The summed E-state index contributed by atoms with van der Waals surface area (Å²) in [7, 11) is 0. The third-order valence-corrected chi connectivity index (χ3v) is 1.20. The largest absolute Gasteiger partial charge is 0.238 e. The van der Waals surface area contributed by atoms with Gasteiger partial charge in [0.1, 0.15) is 0 Å². The zero-order valence-corrected chi connectivity index (χ0v) is 6.03. The maximum Gasteiger partial charge on any atom is 0.238 e. The number of alkyl halides is 2. The molecule has 0 spiro atoms. The summed E-state index contributed by atoms with van der Waals surface area (Å²) in [5, 5.41) is 0. The normalized spacial score (nSPS) is 11.3. The fraction of sp³-hybridized carbons (Fsp3) is 1.00. The van der Waals surface area contributed by atoms with Gasteiger partial charge in [-0.25, -0.2) is 8.78 Å². The highest BCUT2D eigenvalue weighted by Crippen LogP contribution is 2.10. The zero-order valence-electron chi connectivity index (χ0n) is 6.03. The molecular formula is C7H14F2. The van der Waals surface area contributed by atoms with Crippen LogP contribution >= 0.6 is 0 Å². The van der Waals surface area contributed by atoms with Gasteiger partial charge in [-0.1, -0.05) is 20.3 Å². The van der Waals surface area contributed by atoms with E-state index in [1.807, 2.05) is 13.8 Å². The summed E-state index contributed by atoms with van der Waals surface area (Å²) < 4.78 is 23.0. The van der Waals surface area contributed by atoms with Crippen LogP contribution in [-0.2, 0) is 0 Å². The molecule has 0 heterocycles. The number of hydrogen-bond acceptors (Lipinski definition) is 0. The molecule has 56 valence electrons. The molecule has 0 amide bonds. The molecule has 0 atom stereocenters. The van der Waals surface area contributed by atoms with E-state index in [2.05, 4.69) is 0 Å². The molecule has 0 fully saturated rings. The molecule has 0 unspecified atom stereocenters. The summed E-state index contributed by atoms with van der Waals surface area (Å²) in [6.07, 6.45) is -0.457. The molecule has 0 saturated heterocycles. The van der Waals surface area contributed by atoms with Crippen LogP contribution < -0.4 is 0 Å². The van der Waals surface area contributed by atoms with Crippen LogP contribution in [0.2, 0.25) is 0 Å². The standard InChI is InChI=1S/C7H14F2/c1-6(2)4-3-5-7(8)9/h6-7H,3-5H2,1-2H3. The predicted molar refractivity (Wildman–Crippen MR) is 34.7 cm³/mol. The van der Waals surface area contributed by atoms with E-state index in [9.17, 15) is 8.78 Å². The van der Waals surface area contributed by atoms with Gasteiger partial charge < -0.3 is 0 Å². The Bertz CT molecular complexity index is 51.9. The van der Waals surface area contributed by atoms with Crippen molar-refractivity contribution >= 4 is 0 Å². The summed E-state index contributed by atoms with van der Waals surface area (Å²) in [5.74, 6) is 0.559. The first-order chi connectivity index (χ1) is 4.13. The van der Waals surface area contributed by atoms with E-state index in [0.717, 1.165) is 6.42 Å². The van der Waals surface area contributed by atoms with Crippen LogP contribution in [0.4, 0.5) is 8.78 Å². The third-order valence-electron chi connectivity index (χ3n) is 1.20. The molecule has 2 heteroatoms. The lowest BCUT2D eigenvalue weighted by Gasteiger charge is -2.02. The first-order valence-electron chi connectivity index (χ1n) is 3.41. The van der Waals surface area contributed by atoms with Gasteiger partial charge in [-0.15, -0.1) is 0 Å². The Balaban J connectivity index is 2.91. The molecule has 0 bridgehead atoms. The summed E-state index contributed by atoms with van der Waals surface area (Å²) >= 11 is 0. The van der Waals surface area contributed by atoms with Crippen molar-refractivity contribution in [2.24, 2.45) is 5.92 Å². The van der Waals surface area contributed by atoms with Gasteiger partial charge in [-0.3, -0.25) is 0 Å². The quantitative estimate of drug-likeness (QED) is 0.557. The van der Waals surface area contributed by atoms with E-state index >= 15 is 0 Å². The van der Waals surface area contributed by atoms with Crippen LogP contribution in [-0.4, -0.2) is 6.43 Å². The van der Waals surface area contributed by atoms with E-state index in [0.29, 0.717) is 12.3 Å². The Hall–Kier alpha value is -0.140. The average molecular weight is 136 g/mol. The summed E-state index contributed by atoms with van der Waals surface area (Å²) in [6, 6.07) is 0. The van der Waals surface area contributed by atoms with Gasteiger partial charge in [0.15, 0.2) is 0 Å². The van der Waals surface area contributed by atoms with Gasteiger partial charge in [-0.2, -0.15) is 0 Å². The fourth-order valence-corrected chi connectivity index (χ4v) is 0.680. The zero-order chi connectivity index (χ0) is 7.28. The van der Waals surface area contributed by atoms with Crippen LogP contribution in [0.5, 0.6) is 0 Å². The van der Waals surface area contributed by atoms with E-state index in [1.165, 1.54) is 0 Å². The lowest BCUT2D eigenvalue weighted by Crippen LogP contribution is -1.92. The Morgan fingerprint density at radius 1 is 1.11 bits per heavy atom. The maximum absolute atomic E-state index is 11.5. The lowest BCUT2D eigenvalue weighted by molar-refractivity contribution is 0.132. The van der Waals surface area contributed by atoms with Crippen molar-refractivity contribution in [1.29, 1.82) is 0 Å². The van der Waals surface area contributed by atoms with E-state index < -0.39 is 6.43 Å². The van der Waals surface area contributed by atoms with Crippen molar-refractivity contribution in [1.82, 2.24) is 0 Å². The Labute approximate surface area is 55.3 Å². The van der Waals surface area contributed by atoms with Gasteiger partial charge in [0, 0.05) is 6.42 Å². The third kappa shape index (κ3) is 7.86. The highest BCUT2D eigenvalue weighted by molar-refractivity contribution is 4.47. The Morgan fingerprint density at radius 2 is 1.67 bits per heavy atom. The van der Waals surface area contributed by atoms with Gasteiger partial charge in [0.25, 0.3) is 0 Å². The minimum absolute atomic E-state index is 0.0676. The van der Waals surface area contributed by atoms with Crippen LogP contribution in [0.3, 0.4) is 0 Å². The van der Waals surface area contributed by atoms with Gasteiger partial charge in [0.2, 0.25) is 6.43 Å². The average Bonchev–Trinajstić information content (AvgIpc) is 1.63. The van der Waals surface area contributed by atoms with Crippen molar-refractivity contribution in [3.63, 3.8) is 0 Å². The second-order valence-electron chi connectivity index (χ2n) is 2.72. The molecule has 0 radical (unpaired) electrons. The number of rotatable bonds is 4. The van der Waals surface area contributed by atoms with E-state index in [4.69, 9.17) is 0 Å². The van der Waals surface area contributed by atoms with Crippen LogP contribution in [0.15, 0.2) is 0 Å². The van der Waals surface area contributed by atoms with Crippen LogP contribution in [0, 0.1) is 5.92 Å². The maximum atomic E-state index is 11.5. The summed E-state index contributed by atoms with van der Waals surface area (Å²) in [4.78, 5) is 0. The van der Waals surface area contributed by atoms with E-state index in [1.54, 1.807) is 0 Å². The van der Waals surface area contributed by atoms with Crippen LogP contribution in [0.25, 0.3) is 0 Å². The van der Waals surface area contributed by atoms with Crippen molar-refractivity contribution < 1.29 is 8.78 Å². The number of halogens is 2. The molecule has 0 aliphatic rings. The van der Waals surface area contributed by atoms with Crippen molar-refractivity contribution in [3.8, 4) is 0 Å². The van der Waals surface area contributed by atoms with Crippen molar-refractivity contribution in [2.75, 3.05) is 0 Å². The van der Waals surface area contributed by atoms with Gasteiger partial charge >= 0.3 is 0 Å². The molecule has 0 N–H and O–H groups in total. The summed E-state index contributed by atoms with van der Waals surface area (Å²) in [6.45, 7) is 4.09. The molecule has 0 aromatic heterocycles. The van der Waals surface area contributed by atoms with E-state index in [-0.39, 0.29) is 6.42 Å². The summed E-state index contributed by atoms with van der Waals surface area (Å²) in [5.41, 5.74) is 0. The second-order valence-corrected chi connectivity index (χ2v) is 2.72. The monoisotopic (exact) mass is 136 g/mol. The Kier molecular flexibility index (Phi) is 4.64. The van der Waals surface area contributed by atoms with Crippen LogP contribution in [0.1, 0.15) is 33.1 Å². The van der Waals surface area contributed by atoms with Crippen molar-refractivity contribution in [2.45, 2.75) is 39.5 Å². The fourth-order valence-electron chi connectivity index (χ4n) is 0.680. The highest BCUT2D eigenvalue weighted by Gasteiger charge is 2.01. The molecule has 0 nitrogen and oxygen atoms in total. The molecule has 0 aromatic carbocycles.